The van der Waals surface area contributed by atoms with Crippen molar-refractivity contribution in [3.05, 3.63) is 120 Å². The van der Waals surface area contributed by atoms with Crippen LogP contribution >= 0.6 is 0 Å². The van der Waals surface area contributed by atoms with Crippen molar-refractivity contribution < 1.29 is 46.9 Å². The van der Waals surface area contributed by atoms with Crippen LogP contribution in [-0.2, 0) is 9.47 Å². The number of carbonyl (C=O) groups is 4. The minimum Gasteiger partial charge on any atom is -0.490 e. The summed E-state index contributed by atoms with van der Waals surface area (Å²) in [5, 5.41) is 20.8. The molecule has 0 fully saturated rings. The highest BCUT2D eigenvalue weighted by atomic mass is 19.1. The molecule has 0 spiro atoms. The van der Waals surface area contributed by atoms with Gasteiger partial charge in [0, 0.05) is 43.3 Å². The second-order valence-electron chi connectivity index (χ2n) is 11.6. The Kier molecular flexibility index (Phi) is 11.6. The van der Waals surface area contributed by atoms with Crippen LogP contribution in [0.3, 0.4) is 0 Å². The third-order valence-electron chi connectivity index (χ3n) is 7.87. The molecular formula is C36H30F2N10O8. The number of nitrogens with zero attached hydrogens (tertiary/aromatic N) is 8. The van der Waals surface area contributed by atoms with Crippen LogP contribution in [0.4, 0.5) is 20.2 Å². The van der Waals surface area contributed by atoms with Gasteiger partial charge in [-0.25, -0.2) is 28.3 Å². The Balaban J connectivity index is 1.12. The van der Waals surface area contributed by atoms with Gasteiger partial charge in [-0.05, 0) is 43.3 Å². The van der Waals surface area contributed by atoms with E-state index >= 15 is 8.78 Å². The zero-order chi connectivity index (χ0) is 39.8. The van der Waals surface area contributed by atoms with E-state index in [4.69, 9.17) is 18.9 Å². The van der Waals surface area contributed by atoms with Crippen LogP contribution in [0.2, 0.25) is 0 Å². The number of aromatic nitrogens is 8. The summed E-state index contributed by atoms with van der Waals surface area (Å²) in [5.41, 5.74) is -1.07. The van der Waals surface area contributed by atoms with Crippen LogP contribution in [0.15, 0.2) is 86.0 Å². The number of imidazole rings is 2. The quantitative estimate of drug-likeness (QED) is 0.148. The van der Waals surface area contributed by atoms with E-state index in [1.807, 2.05) is 0 Å². The topological polar surface area (TPSA) is 216 Å². The zero-order valence-corrected chi connectivity index (χ0v) is 29.7. The molecule has 2 N–H and O–H groups in total. The number of hydrogen-bond donors (Lipinski definition) is 2. The fraction of sp³-hybridized carbons (Fsp3) is 0.167. The van der Waals surface area contributed by atoms with Gasteiger partial charge in [-0.1, -0.05) is 0 Å². The largest absolute Gasteiger partial charge is 0.490 e. The minimum absolute atomic E-state index is 0.0669. The molecule has 6 rings (SSSR count). The van der Waals surface area contributed by atoms with E-state index in [9.17, 15) is 19.2 Å². The van der Waals surface area contributed by atoms with Gasteiger partial charge in [0.05, 0.1) is 49.4 Å². The Morgan fingerprint density at radius 3 is 1.61 bits per heavy atom. The van der Waals surface area contributed by atoms with Crippen molar-refractivity contribution in [1.29, 1.82) is 0 Å². The fourth-order valence-corrected chi connectivity index (χ4v) is 5.01. The Morgan fingerprint density at radius 2 is 1.18 bits per heavy atom. The molecule has 56 heavy (non-hydrogen) atoms. The van der Waals surface area contributed by atoms with E-state index in [2.05, 4.69) is 41.0 Å². The zero-order valence-electron chi connectivity index (χ0n) is 29.7. The Hall–Kier alpha value is -7.64. The Bertz CT molecular complexity index is 2360. The molecule has 0 saturated heterocycles. The molecular weight excluding hydrogens is 738 g/mol. The smallest absolute Gasteiger partial charge is 0.340 e. The SMILES string of the molecule is COC(=O)c1cc(F)c(OCCC(C)Oc2cc(NC(=O)c3ccc(-n4ccnc4)nn3)c(C(=O)OC)cc2F)cc1NC(=O)c1ccc(-n2ccnc2)nn1. The van der Waals surface area contributed by atoms with Gasteiger partial charge >= 0.3 is 11.9 Å². The maximum atomic E-state index is 15.2. The second-order valence-corrected chi connectivity index (χ2v) is 11.6. The Morgan fingerprint density at radius 1 is 0.696 bits per heavy atom. The summed E-state index contributed by atoms with van der Waals surface area (Å²) in [4.78, 5) is 58.9. The van der Waals surface area contributed by atoms with Crippen LogP contribution in [0.1, 0.15) is 55.0 Å². The number of halogens is 2. The van der Waals surface area contributed by atoms with Crippen molar-refractivity contribution in [3.63, 3.8) is 0 Å². The van der Waals surface area contributed by atoms with E-state index in [0.29, 0.717) is 11.6 Å². The average Bonchev–Trinajstić information content (AvgIpc) is 3.96. The van der Waals surface area contributed by atoms with Crippen molar-refractivity contribution in [2.24, 2.45) is 0 Å². The first kappa shape index (κ1) is 38.1. The first-order chi connectivity index (χ1) is 27.0. The molecule has 0 aliphatic heterocycles. The lowest BCUT2D eigenvalue weighted by atomic mass is 10.1. The first-order valence-corrected chi connectivity index (χ1v) is 16.4. The number of hydrogen-bond acceptors (Lipinski definition) is 14. The summed E-state index contributed by atoms with van der Waals surface area (Å²) in [6, 6.07) is 9.77. The number of benzene rings is 2. The van der Waals surface area contributed by atoms with Crippen LogP contribution in [0.5, 0.6) is 11.5 Å². The van der Waals surface area contributed by atoms with Gasteiger partial charge in [-0.3, -0.25) is 18.7 Å². The van der Waals surface area contributed by atoms with Gasteiger partial charge in [0.15, 0.2) is 46.2 Å². The van der Waals surface area contributed by atoms with Gasteiger partial charge < -0.3 is 29.6 Å². The predicted octanol–water partition coefficient (Wildman–Crippen LogP) is 4.23. The number of ether oxygens (including phenoxy) is 4. The molecule has 1 atom stereocenters. The van der Waals surface area contributed by atoms with Crippen molar-refractivity contribution in [2.45, 2.75) is 19.4 Å². The number of amides is 2. The van der Waals surface area contributed by atoms with Gasteiger partial charge in [-0.2, -0.15) is 0 Å². The van der Waals surface area contributed by atoms with Gasteiger partial charge in [0.25, 0.3) is 11.8 Å². The number of nitrogens with one attached hydrogen (secondary N) is 2. The summed E-state index contributed by atoms with van der Waals surface area (Å²) in [7, 11) is 2.19. The number of rotatable bonds is 14. The highest BCUT2D eigenvalue weighted by Gasteiger charge is 2.23. The molecule has 0 aliphatic rings. The lowest BCUT2D eigenvalue weighted by molar-refractivity contribution is 0.0592. The first-order valence-electron chi connectivity index (χ1n) is 16.4. The van der Waals surface area contributed by atoms with Crippen molar-refractivity contribution in [3.8, 4) is 23.1 Å². The lowest BCUT2D eigenvalue weighted by Gasteiger charge is -2.18. The summed E-state index contributed by atoms with van der Waals surface area (Å²) >= 11 is 0. The van der Waals surface area contributed by atoms with E-state index in [1.165, 1.54) is 36.9 Å². The molecule has 1 unspecified atom stereocenters. The molecule has 20 heteroatoms. The second kappa shape index (κ2) is 17.0. The molecule has 0 bridgehead atoms. The number of esters is 2. The molecule has 6 aromatic rings. The summed E-state index contributed by atoms with van der Waals surface area (Å²) < 4.78 is 54.4. The normalized spacial score (nSPS) is 11.3. The van der Waals surface area contributed by atoms with Crippen molar-refractivity contribution >= 4 is 35.1 Å². The highest BCUT2D eigenvalue weighted by Crippen LogP contribution is 2.30. The minimum atomic E-state index is -0.938. The molecule has 2 amide bonds. The summed E-state index contributed by atoms with van der Waals surface area (Å²) in [6.45, 7) is 1.40. The standard InChI is InChI=1S/C36H30F2N10O8/c1-20(56-30-17-28(22(15-24(30)38)36(52)54-3)42-34(50)26-5-7-32(46-44-26)48-12-10-40-19-48)8-13-55-29-16-27(21(14-23(29)37)35(51)53-2)41-33(49)25-4-6-31(45-43-25)47-11-9-39-18-47/h4-7,9-12,14-20H,8,13H2,1-3H3,(H,41,49)(H,42,50). The van der Waals surface area contributed by atoms with Gasteiger partial charge in [0.2, 0.25) is 0 Å². The lowest BCUT2D eigenvalue weighted by Crippen LogP contribution is -2.20. The summed E-state index contributed by atoms with van der Waals surface area (Å²) in [5.74, 6) is -5.11. The molecule has 0 radical (unpaired) electrons. The predicted molar refractivity (Wildman–Crippen MR) is 190 cm³/mol. The maximum absolute atomic E-state index is 15.2. The fourth-order valence-electron chi connectivity index (χ4n) is 5.01. The molecule has 2 aromatic carbocycles. The van der Waals surface area contributed by atoms with E-state index < -0.39 is 41.5 Å². The third-order valence-corrected chi connectivity index (χ3v) is 7.87. The molecule has 0 saturated carbocycles. The van der Waals surface area contributed by atoms with Crippen LogP contribution < -0.4 is 20.1 Å². The molecule has 286 valence electrons. The summed E-state index contributed by atoms with van der Waals surface area (Å²) in [6.07, 6.45) is 8.68. The molecule has 18 nitrogen and oxygen atoms in total. The maximum Gasteiger partial charge on any atom is 0.340 e. The van der Waals surface area contributed by atoms with E-state index in [0.717, 1.165) is 38.5 Å². The Labute approximate surface area is 315 Å². The van der Waals surface area contributed by atoms with Crippen LogP contribution in [0, 0.1) is 11.6 Å². The van der Waals surface area contributed by atoms with Gasteiger partial charge in [0.1, 0.15) is 12.7 Å². The van der Waals surface area contributed by atoms with E-state index in [1.54, 1.807) is 40.8 Å². The number of carbonyl (C=O) groups excluding carboxylic acids is 4. The molecule has 4 aromatic heterocycles. The van der Waals surface area contributed by atoms with Crippen molar-refractivity contribution in [2.75, 3.05) is 31.5 Å². The average molecular weight is 769 g/mol. The number of methoxy groups -OCH3 is 2. The third kappa shape index (κ3) is 8.76. The molecule has 4 heterocycles. The molecule has 0 aliphatic carbocycles. The van der Waals surface area contributed by atoms with Gasteiger partial charge in [-0.15, -0.1) is 20.4 Å². The number of anilines is 2. The monoisotopic (exact) mass is 768 g/mol. The highest BCUT2D eigenvalue weighted by molar-refractivity contribution is 6.08. The van der Waals surface area contributed by atoms with Crippen LogP contribution in [0.25, 0.3) is 11.6 Å². The van der Waals surface area contributed by atoms with Crippen molar-refractivity contribution in [1.82, 2.24) is 39.5 Å². The van der Waals surface area contributed by atoms with Crippen LogP contribution in [-0.4, -0.2) is 90.2 Å². The van der Waals surface area contributed by atoms with E-state index in [-0.39, 0.29) is 58.4 Å².